The molecule has 1 aromatic rings. The second kappa shape index (κ2) is 6.38. The first-order chi connectivity index (χ1) is 9.13. The number of carbonyl (C=O) groups excluding carboxylic acids is 1. The molecule has 0 saturated carbocycles. The maximum atomic E-state index is 13.7. The van der Waals surface area contributed by atoms with Crippen LogP contribution in [-0.2, 0) is 11.2 Å². The first-order valence-electron chi connectivity index (χ1n) is 6.85. The topological polar surface area (TPSA) is 20.3 Å². The Labute approximate surface area is 118 Å². The van der Waals surface area contributed by atoms with Gasteiger partial charge in [-0.1, -0.05) is 24.6 Å². The Morgan fingerprint density at radius 1 is 1.47 bits per heavy atom. The van der Waals surface area contributed by atoms with Gasteiger partial charge in [0.25, 0.3) is 0 Å². The number of hydrogen-bond acceptors (Lipinski definition) is 1. The van der Waals surface area contributed by atoms with Gasteiger partial charge in [-0.05, 0) is 37.8 Å². The van der Waals surface area contributed by atoms with Gasteiger partial charge in [0.1, 0.15) is 5.82 Å². The van der Waals surface area contributed by atoms with Crippen molar-refractivity contribution in [1.29, 1.82) is 0 Å². The van der Waals surface area contributed by atoms with Crippen molar-refractivity contribution in [3.8, 4) is 0 Å². The molecule has 1 unspecified atom stereocenters. The molecule has 1 aliphatic heterocycles. The third-order valence-corrected chi connectivity index (χ3v) is 4.16. The first-order valence-corrected chi connectivity index (χ1v) is 7.23. The van der Waals surface area contributed by atoms with Gasteiger partial charge in [-0.25, -0.2) is 4.39 Å². The predicted octanol–water partition coefficient (Wildman–Crippen LogP) is 3.81. The van der Waals surface area contributed by atoms with Gasteiger partial charge in [0.2, 0.25) is 5.91 Å². The van der Waals surface area contributed by atoms with Gasteiger partial charge in [0.05, 0.1) is 6.42 Å². The van der Waals surface area contributed by atoms with Crippen LogP contribution in [0.1, 0.15) is 38.2 Å². The molecule has 1 aromatic carbocycles. The Bertz CT molecular complexity index is 443. The lowest BCUT2D eigenvalue weighted by Crippen LogP contribution is -2.44. The third-order valence-electron chi connectivity index (χ3n) is 3.81. The minimum absolute atomic E-state index is 0.0152. The van der Waals surface area contributed by atoms with Crippen LogP contribution in [0, 0.1) is 5.82 Å². The molecule has 0 aromatic heterocycles. The van der Waals surface area contributed by atoms with Crippen molar-refractivity contribution in [1.82, 2.24) is 4.90 Å². The number of rotatable bonds is 3. The van der Waals surface area contributed by atoms with Gasteiger partial charge >= 0.3 is 0 Å². The van der Waals surface area contributed by atoms with Crippen LogP contribution in [0.3, 0.4) is 0 Å². The zero-order chi connectivity index (χ0) is 13.8. The fourth-order valence-electron chi connectivity index (χ4n) is 2.71. The Kier molecular flexibility index (Phi) is 4.81. The van der Waals surface area contributed by atoms with Crippen molar-refractivity contribution < 1.29 is 9.18 Å². The number of carbonyl (C=O) groups is 1. The Morgan fingerprint density at radius 2 is 2.26 bits per heavy atom. The fourth-order valence-corrected chi connectivity index (χ4v) is 2.94. The van der Waals surface area contributed by atoms with Gasteiger partial charge in [-0.2, -0.15) is 0 Å². The van der Waals surface area contributed by atoms with Crippen LogP contribution in [0.5, 0.6) is 0 Å². The van der Waals surface area contributed by atoms with Crippen molar-refractivity contribution in [3.05, 3.63) is 34.6 Å². The minimum atomic E-state index is -0.397. The Hall–Kier alpha value is -1.09. The number of likely N-dealkylation sites (tertiary alicyclic amines) is 1. The number of amides is 1. The van der Waals surface area contributed by atoms with Crippen molar-refractivity contribution in [2.24, 2.45) is 0 Å². The van der Waals surface area contributed by atoms with Crippen LogP contribution >= 0.6 is 11.6 Å². The molecule has 4 heteroatoms. The summed E-state index contributed by atoms with van der Waals surface area (Å²) in [6.07, 6.45) is 4.27. The molecule has 1 amide bonds. The molecule has 0 N–H and O–H groups in total. The van der Waals surface area contributed by atoms with E-state index in [2.05, 4.69) is 6.92 Å². The van der Waals surface area contributed by atoms with Crippen LogP contribution in [0.15, 0.2) is 18.2 Å². The summed E-state index contributed by atoms with van der Waals surface area (Å²) in [5.74, 6) is -0.413. The van der Waals surface area contributed by atoms with Crippen molar-refractivity contribution in [3.63, 3.8) is 0 Å². The van der Waals surface area contributed by atoms with E-state index in [9.17, 15) is 9.18 Å². The second-order valence-corrected chi connectivity index (χ2v) is 5.43. The van der Waals surface area contributed by atoms with Crippen molar-refractivity contribution in [2.75, 3.05) is 6.54 Å². The average molecular weight is 284 g/mol. The van der Waals surface area contributed by atoms with Crippen LogP contribution in [0.2, 0.25) is 5.02 Å². The van der Waals surface area contributed by atoms with Gasteiger partial charge in [-0.15, -0.1) is 0 Å². The van der Waals surface area contributed by atoms with Crippen molar-refractivity contribution in [2.45, 2.75) is 45.1 Å². The number of benzene rings is 1. The van der Waals surface area contributed by atoms with Crippen molar-refractivity contribution >= 4 is 17.5 Å². The Balaban J connectivity index is 2.12. The highest BCUT2D eigenvalue weighted by Crippen LogP contribution is 2.24. The highest BCUT2D eigenvalue weighted by atomic mass is 35.5. The molecule has 1 saturated heterocycles. The summed E-state index contributed by atoms with van der Waals surface area (Å²) in [7, 11) is 0. The molecule has 0 radical (unpaired) electrons. The van der Waals surface area contributed by atoms with E-state index < -0.39 is 5.82 Å². The second-order valence-electron chi connectivity index (χ2n) is 5.02. The zero-order valence-corrected chi connectivity index (χ0v) is 11.9. The number of piperidine rings is 1. The molecule has 0 bridgehead atoms. The molecular formula is C15H19ClFNO. The van der Waals surface area contributed by atoms with E-state index in [0.29, 0.717) is 16.6 Å². The average Bonchev–Trinajstić information content (AvgIpc) is 2.42. The van der Waals surface area contributed by atoms with Gasteiger partial charge in [0, 0.05) is 23.2 Å². The molecule has 1 fully saturated rings. The monoisotopic (exact) mass is 283 g/mol. The van der Waals surface area contributed by atoms with Gasteiger partial charge < -0.3 is 4.90 Å². The minimum Gasteiger partial charge on any atom is -0.339 e. The first kappa shape index (κ1) is 14.3. The summed E-state index contributed by atoms with van der Waals surface area (Å²) in [4.78, 5) is 14.2. The Morgan fingerprint density at radius 3 is 2.95 bits per heavy atom. The van der Waals surface area contributed by atoms with Crippen LogP contribution in [-0.4, -0.2) is 23.4 Å². The van der Waals surface area contributed by atoms with E-state index in [1.165, 1.54) is 12.5 Å². The summed E-state index contributed by atoms with van der Waals surface area (Å²) in [6, 6.07) is 4.83. The smallest absolute Gasteiger partial charge is 0.227 e. The highest BCUT2D eigenvalue weighted by Gasteiger charge is 2.26. The lowest BCUT2D eigenvalue weighted by molar-refractivity contribution is -0.134. The van der Waals surface area contributed by atoms with Crippen LogP contribution in [0.25, 0.3) is 0 Å². The molecule has 1 atom stereocenters. The molecule has 104 valence electrons. The molecular weight excluding hydrogens is 265 g/mol. The summed E-state index contributed by atoms with van der Waals surface area (Å²) < 4.78 is 13.7. The van der Waals surface area contributed by atoms with E-state index >= 15 is 0 Å². The SMILES string of the molecule is CCC1CCCCN1C(=O)Cc1c(F)cccc1Cl. The lowest BCUT2D eigenvalue weighted by Gasteiger charge is -2.35. The predicted molar refractivity (Wildman–Crippen MR) is 74.8 cm³/mol. The highest BCUT2D eigenvalue weighted by molar-refractivity contribution is 6.31. The third kappa shape index (κ3) is 3.27. The standard InChI is InChI=1S/C15H19ClFNO/c1-2-11-6-3-4-9-18(11)15(19)10-12-13(16)7-5-8-14(12)17/h5,7-8,11H,2-4,6,9-10H2,1H3. The molecule has 0 aliphatic carbocycles. The van der Waals surface area contributed by atoms with Crippen LogP contribution in [0.4, 0.5) is 4.39 Å². The molecule has 19 heavy (non-hydrogen) atoms. The van der Waals surface area contributed by atoms with Gasteiger partial charge in [0.15, 0.2) is 0 Å². The van der Waals surface area contributed by atoms with E-state index in [4.69, 9.17) is 11.6 Å². The van der Waals surface area contributed by atoms with E-state index in [1.54, 1.807) is 12.1 Å². The molecule has 2 nitrogen and oxygen atoms in total. The van der Waals surface area contributed by atoms with E-state index in [1.807, 2.05) is 4.90 Å². The maximum Gasteiger partial charge on any atom is 0.227 e. The fraction of sp³-hybridized carbons (Fsp3) is 0.533. The van der Waals surface area contributed by atoms with E-state index in [-0.39, 0.29) is 12.3 Å². The summed E-state index contributed by atoms with van der Waals surface area (Å²) in [5, 5.41) is 0.332. The van der Waals surface area contributed by atoms with E-state index in [0.717, 1.165) is 25.8 Å². The van der Waals surface area contributed by atoms with Gasteiger partial charge in [-0.3, -0.25) is 4.79 Å². The number of hydrogen-bond donors (Lipinski definition) is 0. The largest absolute Gasteiger partial charge is 0.339 e. The lowest BCUT2D eigenvalue weighted by atomic mass is 9.99. The normalized spacial score (nSPS) is 19.5. The number of halogens is 2. The summed E-state index contributed by atoms with van der Waals surface area (Å²) >= 11 is 5.97. The summed E-state index contributed by atoms with van der Waals surface area (Å²) in [5.41, 5.74) is 0.314. The summed E-state index contributed by atoms with van der Waals surface area (Å²) in [6.45, 7) is 2.87. The zero-order valence-electron chi connectivity index (χ0n) is 11.2. The molecule has 0 spiro atoms. The molecule has 2 rings (SSSR count). The number of nitrogens with zero attached hydrogens (tertiary/aromatic N) is 1. The molecule has 1 aliphatic rings. The maximum absolute atomic E-state index is 13.7. The van der Waals surface area contributed by atoms with Crippen LogP contribution < -0.4 is 0 Å². The quantitative estimate of drug-likeness (QED) is 0.826. The molecule has 1 heterocycles.